The van der Waals surface area contributed by atoms with Crippen LogP contribution in [0.2, 0.25) is 0 Å². The first kappa shape index (κ1) is 35.8. The van der Waals surface area contributed by atoms with Crippen LogP contribution in [0.3, 0.4) is 0 Å². The Morgan fingerprint density at radius 1 is 0.686 bits per heavy atom. The molecule has 1 aliphatic carbocycles. The molecule has 4 aromatic rings. The number of rotatable bonds is 7. The van der Waals surface area contributed by atoms with Gasteiger partial charge in [-0.25, -0.2) is 4.99 Å². The summed E-state index contributed by atoms with van der Waals surface area (Å²) in [4.78, 5) is 3.82. The number of methoxy groups -OCH3 is 1. The van der Waals surface area contributed by atoms with Gasteiger partial charge in [-0.05, 0) is 106 Å². The van der Waals surface area contributed by atoms with Crippen LogP contribution in [0.25, 0.3) is 33.4 Å². The van der Waals surface area contributed by atoms with Crippen molar-refractivity contribution in [2.24, 2.45) is 4.99 Å². The smallest absolute Gasteiger partial charge is 0.296 e. The molecule has 10 nitrogen and oxygen atoms in total. The maximum atomic E-state index is 13.0. The lowest BCUT2D eigenvalue weighted by atomic mass is 9.93. The van der Waals surface area contributed by atoms with Crippen molar-refractivity contribution in [3.8, 4) is 28.2 Å². The van der Waals surface area contributed by atoms with E-state index in [4.69, 9.17) is 14.1 Å². The normalized spacial score (nSPS) is 12.5. The number of nitrogens with one attached hydrogen (secondary N) is 1. The van der Waals surface area contributed by atoms with E-state index in [-0.39, 0.29) is 32.7 Å². The minimum Gasteiger partial charge on any atom is -0.496 e. The minimum atomic E-state index is -4.89. The van der Waals surface area contributed by atoms with E-state index in [1.165, 1.54) is 43.0 Å². The predicted octanol–water partition coefficient (Wildman–Crippen LogP) is 8.84. The van der Waals surface area contributed by atoms with E-state index in [1.54, 1.807) is 24.3 Å². The van der Waals surface area contributed by atoms with Crippen LogP contribution in [-0.4, -0.2) is 33.1 Å². The number of hydrogen-bond acceptors (Lipinski definition) is 8. The van der Waals surface area contributed by atoms with Crippen LogP contribution in [0, 0.1) is 48.5 Å². The Bertz CT molecular complexity index is 2680. The molecule has 12 heteroatoms. The standard InChI is InChI=1S/C39H38N2O8S2/c1-20-15-21(2)37(25(6)24(20)5)40-27-13-14-28-32(17-27)49-33-19-31(41-38-22(3)16-23(4)39(48-8)26(38)7)35(51(45,46)47)18-30(33)36(28)29-11-9-10-12-34(29)50(42,43)44/h9-19,40H,1-8H3,(H,42,43,44)(H,45,46,47). The molecule has 0 spiro atoms. The Hall–Kier alpha value is -5.01. The van der Waals surface area contributed by atoms with Gasteiger partial charge in [0.25, 0.3) is 20.2 Å². The topological polar surface area (TPSA) is 156 Å². The van der Waals surface area contributed by atoms with E-state index in [1.807, 2.05) is 40.7 Å². The highest BCUT2D eigenvalue weighted by atomic mass is 32.2. The molecule has 6 rings (SSSR count). The van der Waals surface area contributed by atoms with Gasteiger partial charge < -0.3 is 14.5 Å². The van der Waals surface area contributed by atoms with Gasteiger partial charge in [0, 0.05) is 51.1 Å². The zero-order chi connectivity index (χ0) is 37.2. The first-order valence-corrected chi connectivity index (χ1v) is 18.9. The average Bonchev–Trinajstić information content (AvgIpc) is 3.05. The zero-order valence-corrected chi connectivity index (χ0v) is 31.1. The average molecular weight is 727 g/mol. The van der Waals surface area contributed by atoms with Crippen molar-refractivity contribution in [1.82, 2.24) is 0 Å². The molecule has 0 aromatic heterocycles. The summed E-state index contributed by atoms with van der Waals surface area (Å²) in [5.74, 6) is 0.737. The van der Waals surface area contributed by atoms with Gasteiger partial charge in [-0.2, -0.15) is 16.8 Å². The van der Waals surface area contributed by atoms with Gasteiger partial charge in [0.1, 0.15) is 26.9 Å². The van der Waals surface area contributed by atoms with Crippen molar-refractivity contribution in [3.05, 3.63) is 111 Å². The summed E-state index contributed by atoms with van der Waals surface area (Å²) in [6.07, 6.45) is 0. The highest BCUT2D eigenvalue weighted by Crippen LogP contribution is 2.44. The molecule has 3 N–H and O–H groups in total. The highest BCUT2D eigenvalue weighted by Gasteiger charge is 2.27. The number of anilines is 2. The fourth-order valence-electron chi connectivity index (χ4n) is 6.85. The summed E-state index contributed by atoms with van der Waals surface area (Å²) in [6, 6.07) is 17.8. The quantitative estimate of drug-likeness (QED) is 0.108. The molecule has 0 atom stereocenters. The van der Waals surface area contributed by atoms with Gasteiger partial charge in [-0.15, -0.1) is 0 Å². The zero-order valence-electron chi connectivity index (χ0n) is 29.5. The molecule has 51 heavy (non-hydrogen) atoms. The van der Waals surface area contributed by atoms with Crippen molar-refractivity contribution in [3.63, 3.8) is 0 Å². The molecule has 1 heterocycles. The van der Waals surface area contributed by atoms with Crippen molar-refractivity contribution < 1.29 is 35.1 Å². The lowest BCUT2D eigenvalue weighted by molar-refractivity contribution is 0.408. The first-order valence-electron chi connectivity index (χ1n) is 16.0. The molecule has 0 saturated carbocycles. The predicted molar refractivity (Wildman–Crippen MR) is 199 cm³/mol. The van der Waals surface area contributed by atoms with Crippen LogP contribution in [0.4, 0.5) is 17.1 Å². The second-order valence-electron chi connectivity index (χ2n) is 12.8. The van der Waals surface area contributed by atoms with E-state index < -0.39 is 25.1 Å². The van der Waals surface area contributed by atoms with Gasteiger partial charge in [0.2, 0.25) is 0 Å². The molecular formula is C39H38N2O8S2. The Morgan fingerprint density at radius 2 is 1.35 bits per heavy atom. The van der Waals surface area contributed by atoms with Crippen LogP contribution in [0.15, 0.2) is 85.9 Å². The number of nitrogens with zero attached hydrogens (tertiary/aromatic N) is 1. The van der Waals surface area contributed by atoms with Crippen molar-refractivity contribution in [2.45, 2.75) is 58.3 Å². The second kappa shape index (κ2) is 13.0. The third kappa shape index (κ3) is 6.51. The third-order valence-corrected chi connectivity index (χ3v) is 11.2. The molecule has 0 amide bonds. The number of fused-ring (bicyclic) bond motifs is 2. The molecular weight excluding hydrogens is 689 g/mol. The maximum Gasteiger partial charge on any atom is 0.296 e. The SMILES string of the molecule is COc1c(C)cc(C)c(N=c2cc3oc4cc(Nc5c(C)cc(C)c(C)c5C)ccc4c(-c4ccccc4S(=O)(=O)O)c-3cc2S(=O)(=O)O)c1C. The summed E-state index contributed by atoms with van der Waals surface area (Å²) in [5.41, 5.74) is 9.72. The fourth-order valence-corrected chi connectivity index (χ4v) is 8.19. The van der Waals surface area contributed by atoms with E-state index >= 15 is 0 Å². The highest BCUT2D eigenvalue weighted by molar-refractivity contribution is 7.86. The first-order chi connectivity index (χ1) is 23.9. The maximum absolute atomic E-state index is 13.0. The Balaban J connectivity index is 1.73. The van der Waals surface area contributed by atoms with Gasteiger partial charge >= 0.3 is 0 Å². The molecule has 0 saturated heterocycles. The molecule has 264 valence electrons. The molecule has 1 aliphatic heterocycles. The van der Waals surface area contributed by atoms with Gasteiger partial charge in [0.15, 0.2) is 0 Å². The lowest BCUT2D eigenvalue weighted by Gasteiger charge is -2.20. The number of benzene rings is 5. The van der Waals surface area contributed by atoms with Gasteiger partial charge in [-0.3, -0.25) is 9.11 Å². The van der Waals surface area contributed by atoms with Crippen molar-refractivity contribution in [2.75, 3.05) is 12.4 Å². The fraction of sp³-hybridized carbons (Fsp3) is 0.205. The van der Waals surface area contributed by atoms with E-state index in [0.29, 0.717) is 33.7 Å². The van der Waals surface area contributed by atoms with Crippen LogP contribution in [0.1, 0.15) is 38.9 Å². The number of aryl methyl sites for hydroxylation is 4. The van der Waals surface area contributed by atoms with E-state index in [2.05, 4.69) is 25.2 Å². The third-order valence-electron chi connectivity index (χ3n) is 9.44. The summed E-state index contributed by atoms with van der Waals surface area (Å²) in [7, 11) is -8.08. The Morgan fingerprint density at radius 3 is 2.02 bits per heavy atom. The van der Waals surface area contributed by atoms with Crippen molar-refractivity contribution in [1.29, 1.82) is 0 Å². The van der Waals surface area contributed by atoms with Crippen molar-refractivity contribution >= 4 is 48.3 Å². The van der Waals surface area contributed by atoms with Crippen LogP contribution in [0.5, 0.6) is 5.75 Å². The Kier molecular flexibility index (Phi) is 9.09. The molecule has 0 fully saturated rings. The number of ether oxygens (including phenoxy) is 1. The summed E-state index contributed by atoms with van der Waals surface area (Å²) in [6.45, 7) is 13.7. The summed E-state index contributed by atoms with van der Waals surface area (Å²) in [5, 5.41) is 3.83. The molecule has 0 bridgehead atoms. The van der Waals surface area contributed by atoms with Gasteiger partial charge in [0.05, 0.1) is 18.2 Å². The number of hydrogen-bond donors (Lipinski definition) is 3. The summed E-state index contributed by atoms with van der Waals surface area (Å²) < 4.78 is 84.1. The summed E-state index contributed by atoms with van der Waals surface area (Å²) >= 11 is 0. The van der Waals surface area contributed by atoms with E-state index in [9.17, 15) is 25.9 Å². The molecule has 4 aromatic carbocycles. The van der Waals surface area contributed by atoms with Crippen LogP contribution < -0.4 is 15.4 Å². The van der Waals surface area contributed by atoms with Gasteiger partial charge in [-0.1, -0.05) is 30.3 Å². The largest absolute Gasteiger partial charge is 0.496 e. The van der Waals surface area contributed by atoms with E-state index in [0.717, 1.165) is 33.5 Å². The monoisotopic (exact) mass is 726 g/mol. The Labute approximate surface area is 297 Å². The molecule has 2 aliphatic rings. The van der Waals surface area contributed by atoms with Crippen LogP contribution in [-0.2, 0) is 20.2 Å². The minimum absolute atomic E-state index is 0.102. The molecule has 0 radical (unpaired) electrons. The second-order valence-corrected chi connectivity index (χ2v) is 15.6. The van der Waals surface area contributed by atoms with Crippen LogP contribution >= 0.6 is 0 Å². The lowest BCUT2D eigenvalue weighted by Crippen LogP contribution is -2.16. The molecule has 0 unspecified atom stereocenters.